The number of nitrogens with one attached hydrogen (secondary N) is 1. The van der Waals surface area contributed by atoms with Crippen molar-refractivity contribution in [2.75, 3.05) is 6.54 Å². The number of hydrogen-bond donors (Lipinski definition) is 1. The zero-order valence-corrected chi connectivity index (χ0v) is 12.6. The summed E-state index contributed by atoms with van der Waals surface area (Å²) >= 11 is 0. The van der Waals surface area contributed by atoms with E-state index < -0.39 is 0 Å². The molecule has 1 aliphatic carbocycles. The molecule has 2 aromatic rings. The molecule has 1 aliphatic rings. The van der Waals surface area contributed by atoms with Crippen molar-refractivity contribution in [3.05, 3.63) is 35.6 Å². The van der Waals surface area contributed by atoms with E-state index in [9.17, 15) is 0 Å². The van der Waals surface area contributed by atoms with E-state index in [0.29, 0.717) is 6.04 Å². The van der Waals surface area contributed by atoms with Crippen LogP contribution >= 0.6 is 0 Å². The van der Waals surface area contributed by atoms with E-state index in [-0.39, 0.29) is 0 Å². The highest BCUT2D eigenvalue weighted by atomic mass is 16.3. The third kappa shape index (κ3) is 2.37. The summed E-state index contributed by atoms with van der Waals surface area (Å²) in [6.45, 7) is 5.52. The minimum atomic E-state index is 0.474. The lowest BCUT2D eigenvalue weighted by Crippen LogP contribution is -2.33. The minimum Gasteiger partial charge on any atom is -0.461 e. The van der Waals surface area contributed by atoms with Gasteiger partial charge in [0.2, 0.25) is 0 Å². The fourth-order valence-electron chi connectivity index (χ4n) is 3.30. The third-order valence-electron chi connectivity index (χ3n) is 4.58. The summed E-state index contributed by atoms with van der Waals surface area (Å²) < 4.78 is 6.09. The number of benzene rings is 1. The Morgan fingerprint density at radius 1 is 1.25 bits per heavy atom. The second-order valence-corrected chi connectivity index (χ2v) is 5.91. The van der Waals surface area contributed by atoms with E-state index in [1.54, 1.807) is 0 Å². The fraction of sp³-hybridized carbons (Fsp3) is 0.556. The van der Waals surface area contributed by atoms with Crippen molar-refractivity contribution in [2.24, 2.45) is 5.92 Å². The summed E-state index contributed by atoms with van der Waals surface area (Å²) in [6.07, 6.45) is 6.24. The van der Waals surface area contributed by atoms with Crippen LogP contribution in [-0.4, -0.2) is 6.54 Å². The molecule has 1 N–H and O–H groups in total. The molecule has 1 atom stereocenters. The molecule has 2 nitrogen and oxygen atoms in total. The van der Waals surface area contributed by atoms with E-state index in [2.05, 4.69) is 43.4 Å². The maximum atomic E-state index is 6.09. The summed E-state index contributed by atoms with van der Waals surface area (Å²) in [7, 11) is 0. The van der Waals surface area contributed by atoms with Gasteiger partial charge in [0, 0.05) is 23.4 Å². The molecule has 1 aromatic carbocycles. The lowest BCUT2D eigenvalue weighted by Gasteiger charge is -2.34. The van der Waals surface area contributed by atoms with Crippen LogP contribution in [0.2, 0.25) is 0 Å². The van der Waals surface area contributed by atoms with Crippen molar-refractivity contribution in [3.63, 3.8) is 0 Å². The Morgan fingerprint density at radius 3 is 2.70 bits per heavy atom. The summed E-state index contributed by atoms with van der Waals surface area (Å²) in [5.74, 6) is 1.96. The first kappa shape index (κ1) is 13.7. The topological polar surface area (TPSA) is 25.2 Å². The number of hydrogen-bond acceptors (Lipinski definition) is 2. The molecule has 1 fully saturated rings. The summed E-state index contributed by atoms with van der Waals surface area (Å²) in [5, 5.41) is 5.09. The van der Waals surface area contributed by atoms with E-state index in [4.69, 9.17) is 4.42 Å². The predicted molar refractivity (Wildman–Crippen MR) is 84.0 cm³/mol. The van der Waals surface area contributed by atoms with Gasteiger partial charge in [0.05, 0.1) is 0 Å². The quantitative estimate of drug-likeness (QED) is 0.813. The van der Waals surface area contributed by atoms with E-state index in [0.717, 1.165) is 24.5 Å². The lowest BCUT2D eigenvalue weighted by atomic mass is 9.76. The van der Waals surface area contributed by atoms with Crippen LogP contribution in [0.3, 0.4) is 0 Å². The first-order valence-corrected chi connectivity index (χ1v) is 8.08. The van der Waals surface area contributed by atoms with Crippen LogP contribution in [0.4, 0.5) is 0 Å². The van der Waals surface area contributed by atoms with Gasteiger partial charge in [0.15, 0.2) is 0 Å². The first-order chi connectivity index (χ1) is 9.85. The lowest BCUT2D eigenvalue weighted by molar-refractivity contribution is 0.230. The van der Waals surface area contributed by atoms with Crippen molar-refractivity contribution < 1.29 is 4.42 Å². The highest BCUT2D eigenvalue weighted by molar-refractivity contribution is 5.82. The van der Waals surface area contributed by atoms with Gasteiger partial charge >= 0.3 is 0 Å². The molecule has 1 aromatic heterocycles. The molecule has 0 saturated heterocycles. The standard InChI is InChI=1S/C18H25NO/c1-3-12-19-18(13-8-7-9-13)17-14-10-5-6-11-16(14)20-15(17)4-2/h5-6,10-11,13,18-19H,3-4,7-9,12H2,1-2H3. The highest BCUT2D eigenvalue weighted by Gasteiger charge is 2.32. The van der Waals surface area contributed by atoms with Crippen molar-refractivity contribution in [2.45, 2.75) is 52.0 Å². The Balaban J connectivity index is 2.03. The van der Waals surface area contributed by atoms with Crippen molar-refractivity contribution in [3.8, 4) is 0 Å². The van der Waals surface area contributed by atoms with Crippen LogP contribution in [0.5, 0.6) is 0 Å². The first-order valence-electron chi connectivity index (χ1n) is 8.08. The smallest absolute Gasteiger partial charge is 0.134 e. The summed E-state index contributed by atoms with van der Waals surface area (Å²) in [4.78, 5) is 0. The van der Waals surface area contributed by atoms with Crippen molar-refractivity contribution in [1.29, 1.82) is 0 Å². The fourth-order valence-corrected chi connectivity index (χ4v) is 3.30. The molecule has 0 radical (unpaired) electrons. The second kappa shape index (κ2) is 6.01. The molecule has 3 rings (SSSR count). The Labute approximate surface area is 121 Å². The van der Waals surface area contributed by atoms with Gasteiger partial charge < -0.3 is 9.73 Å². The van der Waals surface area contributed by atoms with Gasteiger partial charge in [-0.25, -0.2) is 0 Å². The van der Waals surface area contributed by atoms with Crippen LogP contribution in [0.15, 0.2) is 28.7 Å². The Kier molecular flexibility index (Phi) is 4.11. The second-order valence-electron chi connectivity index (χ2n) is 5.91. The molecular weight excluding hydrogens is 246 g/mol. The molecule has 0 aliphatic heterocycles. The maximum absolute atomic E-state index is 6.09. The largest absolute Gasteiger partial charge is 0.461 e. The third-order valence-corrected chi connectivity index (χ3v) is 4.58. The van der Waals surface area contributed by atoms with Crippen LogP contribution in [0, 0.1) is 5.92 Å². The van der Waals surface area contributed by atoms with Crippen LogP contribution in [0.1, 0.15) is 56.9 Å². The van der Waals surface area contributed by atoms with E-state index in [1.165, 1.54) is 42.4 Å². The summed E-state index contributed by atoms with van der Waals surface area (Å²) in [6, 6.07) is 8.97. The zero-order chi connectivity index (χ0) is 13.9. The normalized spacial score (nSPS) is 17.3. The summed E-state index contributed by atoms with van der Waals surface area (Å²) in [5.41, 5.74) is 2.48. The maximum Gasteiger partial charge on any atom is 0.134 e. The number of fused-ring (bicyclic) bond motifs is 1. The van der Waals surface area contributed by atoms with Gasteiger partial charge in [-0.3, -0.25) is 0 Å². The van der Waals surface area contributed by atoms with Gasteiger partial charge in [-0.15, -0.1) is 0 Å². The molecule has 108 valence electrons. The number of furan rings is 1. The zero-order valence-electron chi connectivity index (χ0n) is 12.6. The molecule has 1 saturated carbocycles. The highest BCUT2D eigenvalue weighted by Crippen LogP contribution is 2.42. The number of aryl methyl sites for hydroxylation is 1. The molecule has 0 amide bonds. The van der Waals surface area contributed by atoms with Crippen LogP contribution in [-0.2, 0) is 6.42 Å². The van der Waals surface area contributed by atoms with Gasteiger partial charge in [-0.1, -0.05) is 38.5 Å². The Bertz CT molecular complexity index is 568. The van der Waals surface area contributed by atoms with E-state index in [1.807, 2.05) is 0 Å². The molecule has 2 heteroatoms. The van der Waals surface area contributed by atoms with Gasteiger partial charge in [0.25, 0.3) is 0 Å². The molecule has 20 heavy (non-hydrogen) atoms. The molecule has 1 heterocycles. The SMILES string of the molecule is CCCNC(c1c(CC)oc2ccccc12)C1CCC1. The van der Waals surface area contributed by atoms with E-state index >= 15 is 0 Å². The Morgan fingerprint density at radius 2 is 2.05 bits per heavy atom. The van der Waals surface area contributed by atoms with Gasteiger partial charge in [-0.2, -0.15) is 0 Å². The van der Waals surface area contributed by atoms with Crippen molar-refractivity contribution >= 4 is 11.0 Å². The molecule has 0 bridgehead atoms. The van der Waals surface area contributed by atoms with Crippen molar-refractivity contribution in [1.82, 2.24) is 5.32 Å². The molecular formula is C18H25NO. The number of rotatable bonds is 6. The molecule has 0 spiro atoms. The average molecular weight is 271 g/mol. The average Bonchev–Trinajstić information content (AvgIpc) is 2.79. The predicted octanol–water partition coefficient (Wildman–Crippen LogP) is 4.84. The Hall–Kier alpha value is -1.28. The van der Waals surface area contributed by atoms with Gasteiger partial charge in [0.1, 0.15) is 11.3 Å². The monoisotopic (exact) mass is 271 g/mol. The minimum absolute atomic E-state index is 0.474. The van der Waals surface area contributed by atoms with Crippen LogP contribution < -0.4 is 5.32 Å². The van der Waals surface area contributed by atoms with Crippen LogP contribution in [0.25, 0.3) is 11.0 Å². The number of para-hydroxylation sites is 1. The van der Waals surface area contributed by atoms with Gasteiger partial charge in [-0.05, 0) is 37.8 Å². The molecule has 1 unspecified atom stereocenters.